The van der Waals surface area contributed by atoms with Crippen molar-refractivity contribution in [2.45, 2.75) is 0 Å². The minimum Gasteiger partial charge on any atom is -0.380 e. The molecular formula is C11H7Cl2N5O. The molecule has 0 atom stereocenters. The molecule has 8 heteroatoms. The highest BCUT2D eigenvalue weighted by molar-refractivity contribution is 6.42. The Morgan fingerprint density at radius 2 is 2.05 bits per heavy atom. The van der Waals surface area contributed by atoms with E-state index in [4.69, 9.17) is 33.5 Å². The lowest BCUT2D eigenvalue weighted by Crippen LogP contribution is -1.89. The van der Waals surface area contributed by atoms with E-state index >= 15 is 0 Å². The van der Waals surface area contributed by atoms with Gasteiger partial charge in [0.15, 0.2) is 17.3 Å². The minimum absolute atomic E-state index is 0.247. The molecule has 0 bridgehead atoms. The van der Waals surface area contributed by atoms with E-state index in [2.05, 4.69) is 20.6 Å². The third kappa shape index (κ3) is 2.05. The van der Waals surface area contributed by atoms with Crippen LogP contribution in [0.2, 0.25) is 10.0 Å². The maximum atomic E-state index is 6.00. The van der Waals surface area contributed by atoms with Crippen molar-refractivity contribution in [3.05, 3.63) is 34.4 Å². The van der Waals surface area contributed by atoms with E-state index in [9.17, 15) is 0 Å². The number of nitrogens with one attached hydrogen (secondary N) is 1. The number of nitrogen functional groups attached to an aromatic ring is 1. The monoisotopic (exact) mass is 295 g/mol. The van der Waals surface area contributed by atoms with Gasteiger partial charge in [-0.15, -0.1) is 0 Å². The van der Waals surface area contributed by atoms with Gasteiger partial charge in [-0.1, -0.05) is 34.4 Å². The average molecular weight is 296 g/mol. The Bertz CT molecular complexity index is 723. The van der Waals surface area contributed by atoms with Crippen LogP contribution in [-0.4, -0.2) is 20.6 Å². The lowest BCUT2D eigenvalue weighted by Gasteiger charge is -2.02. The van der Waals surface area contributed by atoms with E-state index < -0.39 is 0 Å². The highest BCUT2D eigenvalue weighted by Crippen LogP contribution is 2.37. The molecule has 6 nitrogen and oxygen atoms in total. The molecule has 0 saturated heterocycles. The van der Waals surface area contributed by atoms with Crippen molar-refractivity contribution in [1.82, 2.24) is 20.6 Å². The van der Waals surface area contributed by atoms with Crippen LogP contribution in [0.3, 0.4) is 0 Å². The van der Waals surface area contributed by atoms with E-state index in [-0.39, 0.29) is 5.82 Å². The number of rotatable bonds is 2. The fraction of sp³-hybridized carbons (Fsp3) is 0. The summed E-state index contributed by atoms with van der Waals surface area (Å²) in [4.78, 5) is 0. The van der Waals surface area contributed by atoms with Gasteiger partial charge < -0.3 is 10.3 Å². The molecule has 0 radical (unpaired) electrons. The van der Waals surface area contributed by atoms with E-state index in [0.717, 1.165) is 5.56 Å². The van der Waals surface area contributed by atoms with Crippen LogP contribution in [0.25, 0.3) is 22.6 Å². The van der Waals surface area contributed by atoms with Crippen molar-refractivity contribution < 1.29 is 4.52 Å². The Labute approximate surface area is 117 Å². The van der Waals surface area contributed by atoms with Gasteiger partial charge in [-0.3, -0.25) is 0 Å². The molecule has 3 N–H and O–H groups in total. The van der Waals surface area contributed by atoms with Crippen molar-refractivity contribution in [3.63, 3.8) is 0 Å². The second-order valence-corrected chi connectivity index (χ2v) is 4.57. The van der Waals surface area contributed by atoms with Crippen molar-refractivity contribution in [2.24, 2.45) is 0 Å². The van der Waals surface area contributed by atoms with E-state index in [0.29, 0.717) is 27.1 Å². The summed E-state index contributed by atoms with van der Waals surface area (Å²) in [5, 5.41) is 14.8. The van der Waals surface area contributed by atoms with Gasteiger partial charge in [0.1, 0.15) is 0 Å². The Morgan fingerprint density at radius 3 is 2.74 bits per heavy atom. The molecular weight excluding hydrogens is 289 g/mol. The first-order valence-electron chi connectivity index (χ1n) is 5.23. The Morgan fingerprint density at radius 1 is 1.21 bits per heavy atom. The first-order chi connectivity index (χ1) is 9.16. The number of aromatic amines is 1. The zero-order chi connectivity index (χ0) is 13.4. The molecule has 0 amide bonds. The maximum Gasteiger partial charge on any atom is 0.198 e. The zero-order valence-electron chi connectivity index (χ0n) is 9.39. The Kier molecular flexibility index (Phi) is 2.88. The summed E-state index contributed by atoms with van der Waals surface area (Å²) in [6.07, 6.45) is 1.51. The van der Waals surface area contributed by atoms with Crippen LogP contribution in [0.1, 0.15) is 0 Å². The lowest BCUT2D eigenvalue weighted by atomic mass is 10.0. The van der Waals surface area contributed by atoms with Crippen LogP contribution in [0.5, 0.6) is 0 Å². The van der Waals surface area contributed by atoms with Crippen molar-refractivity contribution in [2.75, 3.05) is 5.73 Å². The Hall–Kier alpha value is -2.05. The van der Waals surface area contributed by atoms with Crippen molar-refractivity contribution in [3.8, 4) is 22.6 Å². The highest BCUT2D eigenvalue weighted by Gasteiger charge is 2.20. The maximum absolute atomic E-state index is 6.00. The van der Waals surface area contributed by atoms with Gasteiger partial charge in [0, 0.05) is 0 Å². The summed E-state index contributed by atoms with van der Waals surface area (Å²) >= 11 is 11.9. The van der Waals surface area contributed by atoms with Crippen LogP contribution in [0, 0.1) is 0 Å². The minimum atomic E-state index is 0.247. The molecule has 19 heavy (non-hydrogen) atoms. The fourth-order valence-corrected chi connectivity index (χ4v) is 2.02. The number of H-pyrrole nitrogens is 1. The average Bonchev–Trinajstić information content (AvgIpc) is 3.01. The number of hydrogen-bond acceptors (Lipinski definition) is 5. The molecule has 2 heterocycles. The molecule has 0 unspecified atom stereocenters. The summed E-state index contributed by atoms with van der Waals surface area (Å²) < 4.78 is 5.19. The topological polar surface area (TPSA) is 93.6 Å². The van der Waals surface area contributed by atoms with E-state index in [1.165, 1.54) is 6.20 Å². The summed E-state index contributed by atoms with van der Waals surface area (Å²) in [7, 11) is 0. The molecule has 1 aromatic carbocycles. The summed E-state index contributed by atoms with van der Waals surface area (Å²) in [5.74, 6) is 0.668. The Balaban J connectivity index is 2.19. The smallest absolute Gasteiger partial charge is 0.198 e. The molecule has 0 aliphatic heterocycles. The summed E-state index contributed by atoms with van der Waals surface area (Å²) in [6, 6.07) is 5.15. The predicted molar refractivity (Wildman–Crippen MR) is 71.7 cm³/mol. The first kappa shape index (κ1) is 12.0. The van der Waals surface area contributed by atoms with Gasteiger partial charge in [-0.05, 0) is 17.7 Å². The molecule has 0 spiro atoms. The molecule has 3 aromatic rings. The van der Waals surface area contributed by atoms with E-state index in [1.807, 2.05) is 0 Å². The molecule has 0 aliphatic rings. The van der Waals surface area contributed by atoms with Crippen molar-refractivity contribution in [1.29, 1.82) is 0 Å². The van der Waals surface area contributed by atoms with Gasteiger partial charge in [0.2, 0.25) is 0 Å². The number of nitrogens with zero attached hydrogens (tertiary/aromatic N) is 3. The van der Waals surface area contributed by atoms with E-state index in [1.54, 1.807) is 18.2 Å². The molecule has 0 aliphatic carbocycles. The van der Waals surface area contributed by atoms with Crippen LogP contribution in [0.4, 0.5) is 5.82 Å². The van der Waals surface area contributed by atoms with Gasteiger partial charge in [0.25, 0.3) is 0 Å². The number of hydrogen-bond donors (Lipinski definition) is 2. The third-order valence-corrected chi connectivity index (χ3v) is 3.31. The number of benzene rings is 1. The lowest BCUT2D eigenvalue weighted by molar-refractivity contribution is 0.435. The van der Waals surface area contributed by atoms with Crippen molar-refractivity contribution >= 4 is 29.0 Å². The number of nitrogens with two attached hydrogens (primary N) is 1. The summed E-state index contributed by atoms with van der Waals surface area (Å²) in [5.41, 5.74) is 7.68. The van der Waals surface area contributed by atoms with Gasteiger partial charge in [0.05, 0.1) is 21.8 Å². The second-order valence-electron chi connectivity index (χ2n) is 3.76. The number of anilines is 1. The highest BCUT2D eigenvalue weighted by atomic mass is 35.5. The van der Waals surface area contributed by atoms with Crippen LogP contribution in [-0.2, 0) is 0 Å². The second kappa shape index (κ2) is 4.56. The number of halogens is 2. The molecule has 0 fully saturated rings. The largest absolute Gasteiger partial charge is 0.380 e. The molecule has 96 valence electrons. The fourth-order valence-electron chi connectivity index (χ4n) is 1.72. The molecule has 3 rings (SSSR count). The number of aromatic nitrogens is 4. The molecule has 2 aromatic heterocycles. The van der Waals surface area contributed by atoms with Gasteiger partial charge >= 0.3 is 0 Å². The quantitative estimate of drug-likeness (QED) is 0.758. The standard InChI is InChI=1S/C11H7Cl2N5O/c12-6-2-1-5(3-7(6)13)9-10(19-17-11(9)14)8-4-15-18-16-8/h1-4H,(H2,14,17)(H,15,16,18). The van der Waals surface area contributed by atoms with Crippen LogP contribution >= 0.6 is 23.2 Å². The SMILES string of the molecule is Nc1noc(-c2cn[nH]n2)c1-c1ccc(Cl)c(Cl)c1. The first-order valence-corrected chi connectivity index (χ1v) is 5.99. The predicted octanol–water partition coefficient (Wildman–Crippen LogP) is 3.02. The summed E-state index contributed by atoms with van der Waals surface area (Å²) in [6.45, 7) is 0. The normalized spacial score (nSPS) is 10.8. The van der Waals surface area contributed by atoms with Gasteiger partial charge in [-0.2, -0.15) is 15.4 Å². The third-order valence-electron chi connectivity index (χ3n) is 2.57. The molecule has 0 saturated carbocycles. The van der Waals surface area contributed by atoms with Crippen LogP contribution in [0.15, 0.2) is 28.9 Å². The zero-order valence-corrected chi connectivity index (χ0v) is 10.9. The van der Waals surface area contributed by atoms with Gasteiger partial charge in [-0.25, -0.2) is 0 Å². The van der Waals surface area contributed by atoms with Crippen LogP contribution < -0.4 is 5.73 Å².